The largest absolute Gasteiger partial charge is 0.481 e. The molecule has 1 N–H and O–H groups in total. The normalized spacial score (nSPS) is 20.4. The molecule has 0 spiro atoms. The fourth-order valence-corrected chi connectivity index (χ4v) is 3.48. The summed E-state index contributed by atoms with van der Waals surface area (Å²) in [6.45, 7) is 5.84. The van der Waals surface area contributed by atoms with E-state index in [2.05, 4.69) is 4.90 Å². The number of carboxylic acid groups (broad SMARTS) is 1. The maximum Gasteiger partial charge on any atom is 0.324 e. The van der Waals surface area contributed by atoms with E-state index in [4.69, 9.17) is 0 Å². The van der Waals surface area contributed by atoms with Gasteiger partial charge in [0.25, 0.3) is 0 Å². The third-order valence-corrected chi connectivity index (χ3v) is 5.23. The van der Waals surface area contributed by atoms with Crippen molar-refractivity contribution in [3.05, 3.63) is 27.1 Å². The van der Waals surface area contributed by atoms with Gasteiger partial charge in [0, 0.05) is 24.5 Å². The molecule has 0 amide bonds. The summed E-state index contributed by atoms with van der Waals surface area (Å²) < 4.78 is 0. The molecule has 1 aromatic heterocycles. The first-order valence-corrected chi connectivity index (χ1v) is 7.86. The van der Waals surface area contributed by atoms with E-state index in [1.165, 1.54) is 0 Å². The zero-order valence-corrected chi connectivity index (χ0v) is 13.1. The maximum atomic E-state index is 11.4. The van der Waals surface area contributed by atoms with Gasteiger partial charge in [-0.15, -0.1) is 0 Å². The van der Waals surface area contributed by atoms with Crippen LogP contribution < -0.4 is 0 Å². The minimum atomic E-state index is -0.763. The van der Waals surface area contributed by atoms with Crippen molar-refractivity contribution in [3.8, 4) is 0 Å². The molecule has 0 bridgehead atoms. The van der Waals surface area contributed by atoms with E-state index in [1.807, 2.05) is 5.38 Å². The number of aliphatic carboxylic acids is 1. The van der Waals surface area contributed by atoms with Crippen LogP contribution in [0.2, 0.25) is 0 Å². The number of hydrogen-bond acceptors (Lipinski definition) is 5. The second kappa shape index (κ2) is 6.11. The molecule has 6 nitrogen and oxygen atoms in total. The van der Waals surface area contributed by atoms with Gasteiger partial charge >= 0.3 is 11.0 Å². The Morgan fingerprint density at radius 2 is 2.33 bits per heavy atom. The predicted octanol–water partition coefficient (Wildman–Crippen LogP) is 2.98. The summed E-state index contributed by atoms with van der Waals surface area (Å²) in [4.78, 5) is 23.9. The molecule has 1 atom stereocenters. The lowest BCUT2D eigenvalue weighted by molar-refractivity contribution is -0.380. The zero-order chi connectivity index (χ0) is 15.6. The monoisotopic (exact) mass is 312 g/mol. The van der Waals surface area contributed by atoms with Crippen molar-refractivity contribution >= 4 is 22.3 Å². The van der Waals surface area contributed by atoms with Gasteiger partial charge in [-0.05, 0) is 44.7 Å². The van der Waals surface area contributed by atoms with Gasteiger partial charge in [0.05, 0.1) is 10.3 Å². The van der Waals surface area contributed by atoms with Gasteiger partial charge in [-0.25, -0.2) is 0 Å². The second-order valence-corrected chi connectivity index (χ2v) is 7.04. The van der Waals surface area contributed by atoms with E-state index in [0.29, 0.717) is 6.54 Å². The van der Waals surface area contributed by atoms with Crippen LogP contribution >= 0.6 is 11.3 Å². The third-order valence-electron chi connectivity index (χ3n) is 4.30. The maximum absolute atomic E-state index is 11.4. The van der Waals surface area contributed by atoms with E-state index < -0.39 is 11.4 Å². The SMILES string of the molecule is CC(C)(C(=O)O)C1CCCN(Cc2csc([N+](=O)[O-])c2)C1. The molecule has 7 heteroatoms. The summed E-state index contributed by atoms with van der Waals surface area (Å²) in [5, 5.41) is 22.0. The summed E-state index contributed by atoms with van der Waals surface area (Å²) in [7, 11) is 0. The summed E-state index contributed by atoms with van der Waals surface area (Å²) >= 11 is 1.14. The fourth-order valence-electron chi connectivity index (χ4n) is 2.76. The van der Waals surface area contributed by atoms with Crippen molar-refractivity contribution < 1.29 is 14.8 Å². The first-order valence-electron chi connectivity index (χ1n) is 6.98. The first-order chi connectivity index (χ1) is 9.80. The second-order valence-electron chi connectivity index (χ2n) is 6.15. The van der Waals surface area contributed by atoms with E-state index >= 15 is 0 Å². The Morgan fingerprint density at radius 1 is 1.62 bits per heavy atom. The van der Waals surface area contributed by atoms with Crippen LogP contribution in [0.4, 0.5) is 5.00 Å². The predicted molar refractivity (Wildman–Crippen MR) is 80.4 cm³/mol. The molecule has 116 valence electrons. The molecule has 1 fully saturated rings. The minimum absolute atomic E-state index is 0.109. The molecular formula is C14H20N2O4S. The van der Waals surface area contributed by atoms with Gasteiger partial charge in [-0.1, -0.05) is 11.3 Å². The number of nitrogens with zero attached hydrogens (tertiary/aromatic N) is 2. The lowest BCUT2D eigenvalue weighted by Crippen LogP contribution is -2.44. The number of piperidine rings is 1. The van der Waals surface area contributed by atoms with Crippen LogP contribution in [0, 0.1) is 21.4 Å². The van der Waals surface area contributed by atoms with Crippen molar-refractivity contribution in [3.63, 3.8) is 0 Å². The van der Waals surface area contributed by atoms with E-state index in [-0.39, 0.29) is 15.8 Å². The van der Waals surface area contributed by atoms with Crippen molar-refractivity contribution in [2.24, 2.45) is 11.3 Å². The number of likely N-dealkylation sites (tertiary alicyclic amines) is 1. The fraction of sp³-hybridized carbons (Fsp3) is 0.643. The summed E-state index contributed by atoms with van der Waals surface area (Å²) in [6.07, 6.45) is 1.88. The highest BCUT2D eigenvalue weighted by atomic mass is 32.1. The molecule has 0 radical (unpaired) electrons. The van der Waals surface area contributed by atoms with Crippen LogP contribution in [-0.4, -0.2) is 34.0 Å². The molecule has 1 aromatic rings. The van der Waals surface area contributed by atoms with Crippen LogP contribution in [0.1, 0.15) is 32.3 Å². The summed E-state index contributed by atoms with van der Waals surface area (Å²) in [5.41, 5.74) is 0.194. The van der Waals surface area contributed by atoms with Crippen LogP contribution in [0.25, 0.3) is 0 Å². The van der Waals surface area contributed by atoms with Crippen LogP contribution in [0.3, 0.4) is 0 Å². The molecule has 1 unspecified atom stereocenters. The Balaban J connectivity index is 2.01. The Hall–Kier alpha value is -1.47. The highest BCUT2D eigenvalue weighted by Gasteiger charge is 2.39. The average molecular weight is 312 g/mol. The molecule has 1 aliphatic heterocycles. The molecular weight excluding hydrogens is 292 g/mol. The Bertz CT molecular complexity index is 541. The smallest absolute Gasteiger partial charge is 0.324 e. The molecule has 0 aromatic carbocycles. The molecule has 0 saturated carbocycles. The number of nitro groups is 1. The van der Waals surface area contributed by atoms with E-state index in [0.717, 1.165) is 42.8 Å². The van der Waals surface area contributed by atoms with Crippen LogP contribution in [-0.2, 0) is 11.3 Å². The van der Waals surface area contributed by atoms with E-state index in [9.17, 15) is 20.0 Å². The molecule has 2 rings (SSSR count). The average Bonchev–Trinajstić information content (AvgIpc) is 2.87. The molecule has 0 aliphatic carbocycles. The molecule has 2 heterocycles. The van der Waals surface area contributed by atoms with E-state index in [1.54, 1.807) is 19.9 Å². The van der Waals surface area contributed by atoms with Gasteiger partial charge in [0.1, 0.15) is 0 Å². The number of carbonyl (C=O) groups is 1. The van der Waals surface area contributed by atoms with Gasteiger partial charge < -0.3 is 5.11 Å². The van der Waals surface area contributed by atoms with Crippen molar-refractivity contribution in [2.75, 3.05) is 13.1 Å². The van der Waals surface area contributed by atoms with Gasteiger partial charge in [0.2, 0.25) is 0 Å². The highest BCUT2D eigenvalue weighted by Crippen LogP contribution is 2.35. The summed E-state index contributed by atoms with van der Waals surface area (Å²) in [5.74, 6) is -0.655. The Kier molecular flexibility index (Phi) is 4.63. The third kappa shape index (κ3) is 3.59. The van der Waals surface area contributed by atoms with Crippen LogP contribution in [0.15, 0.2) is 11.4 Å². The molecule has 1 saturated heterocycles. The van der Waals surface area contributed by atoms with Crippen molar-refractivity contribution in [1.82, 2.24) is 4.90 Å². The first kappa shape index (κ1) is 15.9. The lowest BCUT2D eigenvalue weighted by atomic mass is 9.74. The van der Waals surface area contributed by atoms with Gasteiger partial charge in [0.15, 0.2) is 0 Å². The van der Waals surface area contributed by atoms with Gasteiger partial charge in [-0.2, -0.15) is 0 Å². The number of thiophene rings is 1. The van der Waals surface area contributed by atoms with Gasteiger partial charge in [-0.3, -0.25) is 19.8 Å². The number of hydrogen-bond donors (Lipinski definition) is 1. The Labute approximate surface area is 127 Å². The quantitative estimate of drug-likeness (QED) is 0.667. The molecule has 21 heavy (non-hydrogen) atoms. The minimum Gasteiger partial charge on any atom is -0.481 e. The number of carboxylic acids is 1. The summed E-state index contributed by atoms with van der Waals surface area (Å²) in [6, 6.07) is 1.61. The Morgan fingerprint density at radius 3 is 2.90 bits per heavy atom. The van der Waals surface area contributed by atoms with Crippen molar-refractivity contribution in [1.29, 1.82) is 0 Å². The lowest BCUT2D eigenvalue weighted by Gasteiger charge is -2.39. The highest BCUT2D eigenvalue weighted by molar-refractivity contribution is 7.13. The standard InChI is InChI=1S/C14H20N2O4S/c1-14(2,13(17)18)11-4-3-5-15(8-11)7-10-6-12(16(19)20)21-9-10/h6,9,11H,3-5,7-8H2,1-2H3,(H,17,18). The topological polar surface area (TPSA) is 83.7 Å². The van der Waals surface area contributed by atoms with Crippen LogP contribution in [0.5, 0.6) is 0 Å². The van der Waals surface area contributed by atoms with Crippen molar-refractivity contribution in [2.45, 2.75) is 33.2 Å². The zero-order valence-electron chi connectivity index (χ0n) is 12.2. The number of rotatable bonds is 5. The molecule has 1 aliphatic rings.